The summed E-state index contributed by atoms with van der Waals surface area (Å²) < 4.78 is 10.1. The van der Waals surface area contributed by atoms with Gasteiger partial charge < -0.3 is 9.47 Å². The molecule has 140 valence electrons. The fourth-order valence-electron chi connectivity index (χ4n) is 3.79. The Kier molecular flexibility index (Phi) is 4.10. The minimum Gasteiger partial charge on any atom is -0.426 e. The van der Waals surface area contributed by atoms with Crippen LogP contribution in [0.4, 0.5) is 4.79 Å². The van der Waals surface area contributed by atoms with Crippen LogP contribution in [0.25, 0.3) is 32.3 Å². The predicted molar refractivity (Wildman–Crippen MR) is 113 cm³/mol. The van der Waals surface area contributed by atoms with Crippen LogP contribution >= 0.6 is 0 Å². The van der Waals surface area contributed by atoms with E-state index in [9.17, 15) is 9.59 Å². The van der Waals surface area contributed by atoms with E-state index < -0.39 is 6.16 Å². The third-order valence-electron chi connectivity index (χ3n) is 5.09. The summed E-state index contributed by atoms with van der Waals surface area (Å²) in [5.74, 6) is 0.0978. The Balaban J connectivity index is 1.45. The molecule has 0 fully saturated rings. The van der Waals surface area contributed by atoms with Gasteiger partial charge in [0.1, 0.15) is 5.75 Å². The summed E-state index contributed by atoms with van der Waals surface area (Å²) in [5, 5.41) is 6.39. The summed E-state index contributed by atoms with van der Waals surface area (Å²) in [6.45, 7) is -0.379. The summed E-state index contributed by atoms with van der Waals surface area (Å²) in [6, 6.07) is 26.6. The molecule has 0 spiro atoms. The molecule has 5 rings (SSSR count). The number of ketones is 1. The summed E-state index contributed by atoms with van der Waals surface area (Å²) in [4.78, 5) is 24.7. The van der Waals surface area contributed by atoms with Crippen molar-refractivity contribution in [3.05, 3.63) is 90.5 Å². The molecule has 0 aromatic heterocycles. The van der Waals surface area contributed by atoms with Gasteiger partial charge in [-0.2, -0.15) is 0 Å². The van der Waals surface area contributed by atoms with Gasteiger partial charge in [-0.05, 0) is 44.5 Å². The molecule has 5 aromatic carbocycles. The summed E-state index contributed by atoms with van der Waals surface area (Å²) in [7, 11) is 0. The highest BCUT2D eigenvalue weighted by Crippen LogP contribution is 2.36. The zero-order valence-electron chi connectivity index (χ0n) is 15.4. The third kappa shape index (κ3) is 3.05. The van der Waals surface area contributed by atoms with E-state index in [-0.39, 0.29) is 12.4 Å². The molecule has 0 aliphatic rings. The van der Waals surface area contributed by atoms with Crippen LogP contribution in [0.2, 0.25) is 0 Å². The number of carbonyl (C=O) groups excluding carboxylic acids is 2. The van der Waals surface area contributed by atoms with Crippen LogP contribution in [0, 0.1) is 0 Å². The first-order valence-electron chi connectivity index (χ1n) is 9.30. The second-order valence-corrected chi connectivity index (χ2v) is 6.85. The van der Waals surface area contributed by atoms with E-state index in [1.54, 1.807) is 30.3 Å². The first kappa shape index (κ1) is 17.2. The van der Waals surface area contributed by atoms with Gasteiger partial charge in [-0.25, -0.2) is 4.79 Å². The van der Waals surface area contributed by atoms with Crippen LogP contribution in [0.15, 0.2) is 84.9 Å². The number of carbonyl (C=O) groups is 2. The number of ether oxygens (including phenoxy) is 2. The Hall–Kier alpha value is -3.92. The average molecular weight is 380 g/mol. The van der Waals surface area contributed by atoms with Crippen molar-refractivity contribution in [3.8, 4) is 5.75 Å². The van der Waals surface area contributed by atoms with Gasteiger partial charge in [-0.1, -0.05) is 72.8 Å². The fourth-order valence-corrected chi connectivity index (χ4v) is 3.79. The molecule has 0 aliphatic carbocycles. The zero-order chi connectivity index (χ0) is 19.8. The smallest absolute Gasteiger partial charge is 0.426 e. The molecule has 0 bridgehead atoms. The van der Waals surface area contributed by atoms with Crippen molar-refractivity contribution in [2.24, 2.45) is 0 Å². The Morgan fingerprint density at radius 2 is 1.31 bits per heavy atom. The van der Waals surface area contributed by atoms with Gasteiger partial charge in [0.2, 0.25) is 5.78 Å². The van der Waals surface area contributed by atoms with E-state index in [0.29, 0.717) is 11.3 Å². The molecule has 0 heterocycles. The molecule has 0 unspecified atom stereocenters. The maximum Gasteiger partial charge on any atom is 0.514 e. The predicted octanol–water partition coefficient (Wildman–Crippen LogP) is 5.98. The quantitative estimate of drug-likeness (QED) is 0.166. The number of hydrogen-bond acceptors (Lipinski definition) is 4. The van der Waals surface area contributed by atoms with Gasteiger partial charge in [-0.15, -0.1) is 0 Å². The zero-order valence-corrected chi connectivity index (χ0v) is 15.4. The van der Waals surface area contributed by atoms with Crippen LogP contribution in [-0.2, 0) is 4.74 Å². The maximum absolute atomic E-state index is 12.8. The van der Waals surface area contributed by atoms with Gasteiger partial charge in [-0.3, -0.25) is 4.79 Å². The number of Topliss-reactive ketones (excluding diaryl/α,β-unsaturated/α-hetero) is 1. The fraction of sp³-hybridized carbons (Fsp3) is 0.0400. The SMILES string of the molecule is O=C(OCC(=O)c1ccc2ccc3cccc4ccc1c2c34)Oc1ccccc1. The van der Waals surface area contributed by atoms with Crippen LogP contribution in [0.5, 0.6) is 5.75 Å². The number of hydrogen-bond donors (Lipinski definition) is 0. The molecule has 0 aliphatic heterocycles. The Bertz CT molecular complexity index is 1340. The van der Waals surface area contributed by atoms with Crippen molar-refractivity contribution in [2.45, 2.75) is 0 Å². The first-order valence-corrected chi connectivity index (χ1v) is 9.30. The molecule has 0 saturated carbocycles. The highest BCUT2D eigenvalue weighted by atomic mass is 16.7. The standard InChI is InChI=1S/C25H16O4/c26-22(15-28-25(27)29-19-7-2-1-3-8-19)20-13-11-18-10-9-16-5-4-6-17-12-14-21(20)24(18)23(16)17/h1-14H,15H2. The normalized spacial score (nSPS) is 11.2. The molecule has 0 radical (unpaired) electrons. The van der Waals surface area contributed by atoms with E-state index >= 15 is 0 Å². The number of rotatable bonds is 4. The highest BCUT2D eigenvalue weighted by molar-refractivity contribution is 6.26. The Labute approximate surface area is 166 Å². The van der Waals surface area contributed by atoms with Crippen LogP contribution < -0.4 is 4.74 Å². The monoisotopic (exact) mass is 380 g/mol. The van der Waals surface area contributed by atoms with Crippen molar-refractivity contribution in [3.63, 3.8) is 0 Å². The summed E-state index contributed by atoms with van der Waals surface area (Å²) in [6.07, 6.45) is -0.901. The van der Waals surface area contributed by atoms with Crippen LogP contribution in [-0.4, -0.2) is 18.5 Å². The van der Waals surface area contributed by atoms with Crippen LogP contribution in [0.1, 0.15) is 10.4 Å². The number of benzene rings is 5. The Morgan fingerprint density at radius 3 is 2.07 bits per heavy atom. The first-order chi connectivity index (χ1) is 14.2. The van der Waals surface area contributed by atoms with Gasteiger partial charge >= 0.3 is 6.16 Å². The van der Waals surface area contributed by atoms with Crippen LogP contribution in [0.3, 0.4) is 0 Å². The van der Waals surface area contributed by atoms with E-state index in [0.717, 1.165) is 32.3 Å². The molecule has 29 heavy (non-hydrogen) atoms. The van der Waals surface area contributed by atoms with E-state index in [1.807, 2.05) is 30.3 Å². The molecule has 4 nitrogen and oxygen atoms in total. The lowest BCUT2D eigenvalue weighted by Gasteiger charge is -2.13. The van der Waals surface area contributed by atoms with Crippen molar-refractivity contribution in [2.75, 3.05) is 6.61 Å². The minimum absolute atomic E-state index is 0.270. The van der Waals surface area contributed by atoms with Gasteiger partial charge in [0, 0.05) is 5.56 Å². The van der Waals surface area contributed by atoms with E-state index in [4.69, 9.17) is 9.47 Å². The van der Waals surface area contributed by atoms with Gasteiger partial charge in [0.25, 0.3) is 0 Å². The van der Waals surface area contributed by atoms with Crippen molar-refractivity contribution in [1.82, 2.24) is 0 Å². The van der Waals surface area contributed by atoms with E-state index in [2.05, 4.69) is 24.3 Å². The molecule has 0 N–H and O–H groups in total. The largest absolute Gasteiger partial charge is 0.514 e. The molecular weight excluding hydrogens is 364 g/mol. The van der Waals surface area contributed by atoms with Crippen molar-refractivity contribution in [1.29, 1.82) is 0 Å². The minimum atomic E-state index is -0.901. The van der Waals surface area contributed by atoms with Crippen molar-refractivity contribution < 1.29 is 19.1 Å². The second-order valence-electron chi connectivity index (χ2n) is 6.85. The highest BCUT2D eigenvalue weighted by Gasteiger charge is 2.17. The lowest BCUT2D eigenvalue weighted by molar-refractivity contribution is 0.0736. The molecule has 0 saturated heterocycles. The second kappa shape index (κ2) is 6.91. The maximum atomic E-state index is 12.8. The molecule has 0 amide bonds. The summed E-state index contributed by atoms with van der Waals surface area (Å²) in [5.41, 5.74) is 0.531. The van der Waals surface area contributed by atoms with Crippen molar-refractivity contribution >= 4 is 44.3 Å². The molecule has 4 heteroatoms. The number of para-hydroxylation sites is 1. The van der Waals surface area contributed by atoms with Gasteiger partial charge in [0.05, 0.1) is 0 Å². The lowest BCUT2D eigenvalue weighted by atomic mass is 9.91. The Morgan fingerprint density at radius 1 is 0.655 bits per heavy atom. The summed E-state index contributed by atoms with van der Waals surface area (Å²) >= 11 is 0. The van der Waals surface area contributed by atoms with E-state index in [1.165, 1.54) is 0 Å². The lowest BCUT2D eigenvalue weighted by Crippen LogP contribution is -2.17. The average Bonchev–Trinajstić information content (AvgIpc) is 2.76. The topological polar surface area (TPSA) is 52.6 Å². The third-order valence-corrected chi connectivity index (χ3v) is 5.09. The molecule has 0 atom stereocenters. The molecular formula is C25H16O4. The van der Waals surface area contributed by atoms with Gasteiger partial charge in [0.15, 0.2) is 6.61 Å². The molecule has 5 aromatic rings.